The second-order valence-corrected chi connectivity index (χ2v) is 7.89. The Hall–Kier alpha value is -0.0800. The smallest absolute Gasteiger partial charge is 0.0309 e. The quantitative estimate of drug-likeness (QED) is 0.837. The zero-order chi connectivity index (χ0) is 13.5. The van der Waals surface area contributed by atoms with Crippen LogP contribution in [0.1, 0.15) is 65.7 Å². The van der Waals surface area contributed by atoms with E-state index in [0.717, 1.165) is 12.0 Å². The van der Waals surface area contributed by atoms with Crippen molar-refractivity contribution in [3.05, 3.63) is 0 Å². The fraction of sp³-hybridized carbons (Fsp3) is 1.00. The number of hydrogen-bond acceptors (Lipinski definition) is 2. The van der Waals surface area contributed by atoms with Crippen molar-refractivity contribution >= 4 is 0 Å². The minimum atomic E-state index is 0.403. The van der Waals surface area contributed by atoms with Crippen LogP contribution in [0.4, 0.5) is 0 Å². The van der Waals surface area contributed by atoms with Gasteiger partial charge in [0, 0.05) is 31.2 Å². The fourth-order valence-corrected chi connectivity index (χ4v) is 4.53. The molecule has 3 aliphatic rings. The average molecular weight is 264 g/mol. The number of nitrogens with one attached hydrogen (secondary N) is 1. The van der Waals surface area contributed by atoms with Crippen molar-refractivity contribution in [1.29, 1.82) is 0 Å². The molecule has 0 aromatic rings. The second kappa shape index (κ2) is 5.04. The first-order valence-corrected chi connectivity index (χ1v) is 8.56. The molecule has 2 saturated carbocycles. The summed E-state index contributed by atoms with van der Waals surface area (Å²) in [4.78, 5) is 2.82. The SMILES string of the molecule is CCC1(CN2CC(C)(C3CC3)NCC2C)CCCC1. The second-order valence-electron chi connectivity index (χ2n) is 7.89. The molecule has 2 atom stereocenters. The molecule has 19 heavy (non-hydrogen) atoms. The van der Waals surface area contributed by atoms with E-state index in [1.165, 1.54) is 64.6 Å². The Balaban J connectivity index is 1.67. The third kappa shape index (κ3) is 2.71. The Morgan fingerprint density at radius 2 is 1.89 bits per heavy atom. The van der Waals surface area contributed by atoms with Gasteiger partial charge in [-0.15, -0.1) is 0 Å². The summed E-state index contributed by atoms with van der Waals surface area (Å²) in [6.07, 6.45) is 10.2. The minimum Gasteiger partial charge on any atom is -0.308 e. The normalized spacial score (nSPS) is 39.6. The van der Waals surface area contributed by atoms with Gasteiger partial charge in [0.15, 0.2) is 0 Å². The molecule has 1 N–H and O–H groups in total. The highest BCUT2D eigenvalue weighted by molar-refractivity contribution is 5.04. The van der Waals surface area contributed by atoms with Gasteiger partial charge in [0.1, 0.15) is 0 Å². The van der Waals surface area contributed by atoms with Crippen molar-refractivity contribution in [2.45, 2.75) is 77.3 Å². The third-order valence-corrected chi connectivity index (χ3v) is 6.39. The molecule has 2 nitrogen and oxygen atoms in total. The van der Waals surface area contributed by atoms with Gasteiger partial charge in [-0.25, -0.2) is 0 Å². The highest BCUT2D eigenvalue weighted by Gasteiger charge is 2.46. The van der Waals surface area contributed by atoms with Gasteiger partial charge in [0.25, 0.3) is 0 Å². The Kier molecular flexibility index (Phi) is 3.68. The summed E-state index contributed by atoms with van der Waals surface area (Å²) < 4.78 is 0. The van der Waals surface area contributed by atoms with E-state index < -0.39 is 0 Å². The molecule has 0 aromatic carbocycles. The van der Waals surface area contributed by atoms with Gasteiger partial charge in [-0.05, 0) is 57.3 Å². The largest absolute Gasteiger partial charge is 0.308 e. The lowest BCUT2D eigenvalue weighted by Crippen LogP contribution is -2.64. The first-order valence-electron chi connectivity index (χ1n) is 8.56. The van der Waals surface area contributed by atoms with Crippen LogP contribution in [0.3, 0.4) is 0 Å². The van der Waals surface area contributed by atoms with E-state index in [0.29, 0.717) is 11.0 Å². The molecule has 0 amide bonds. The van der Waals surface area contributed by atoms with Gasteiger partial charge < -0.3 is 5.32 Å². The van der Waals surface area contributed by atoms with E-state index in [4.69, 9.17) is 0 Å². The van der Waals surface area contributed by atoms with Crippen molar-refractivity contribution in [1.82, 2.24) is 10.2 Å². The molecule has 3 rings (SSSR count). The average Bonchev–Trinajstić information content (AvgIpc) is 3.17. The lowest BCUT2D eigenvalue weighted by Gasteiger charge is -2.48. The van der Waals surface area contributed by atoms with Gasteiger partial charge in [-0.1, -0.05) is 19.8 Å². The van der Waals surface area contributed by atoms with Crippen LogP contribution in [0.15, 0.2) is 0 Å². The lowest BCUT2D eigenvalue weighted by molar-refractivity contribution is 0.0410. The molecule has 0 radical (unpaired) electrons. The fourth-order valence-electron chi connectivity index (χ4n) is 4.53. The third-order valence-electron chi connectivity index (χ3n) is 6.39. The number of piperazine rings is 1. The molecule has 2 aliphatic carbocycles. The highest BCUT2D eigenvalue weighted by Crippen LogP contribution is 2.45. The molecule has 1 aliphatic heterocycles. The minimum absolute atomic E-state index is 0.403. The van der Waals surface area contributed by atoms with Crippen molar-refractivity contribution in [2.75, 3.05) is 19.6 Å². The monoisotopic (exact) mass is 264 g/mol. The van der Waals surface area contributed by atoms with Crippen LogP contribution >= 0.6 is 0 Å². The predicted octanol–water partition coefficient (Wildman–Crippen LogP) is 3.42. The molecule has 0 spiro atoms. The van der Waals surface area contributed by atoms with Crippen LogP contribution in [0.5, 0.6) is 0 Å². The number of hydrogen-bond donors (Lipinski definition) is 1. The van der Waals surface area contributed by atoms with E-state index in [1.807, 2.05) is 0 Å². The standard InChI is InChI=1S/C17H32N2/c1-4-17(9-5-6-10-17)13-19-12-16(3,15-7-8-15)18-11-14(19)2/h14-15,18H,4-13H2,1-3H3. The zero-order valence-electron chi connectivity index (χ0n) is 13.2. The van der Waals surface area contributed by atoms with Crippen LogP contribution in [0.25, 0.3) is 0 Å². The van der Waals surface area contributed by atoms with Gasteiger partial charge in [-0.3, -0.25) is 4.90 Å². The molecule has 1 saturated heterocycles. The van der Waals surface area contributed by atoms with Gasteiger partial charge >= 0.3 is 0 Å². The van der Waals surface area contributed by atoms with E-state index in [1.54, 1.807) is 0 Å². The molecule has 1 heterocycles. The summed E-state index contributed by atoms with van der Waals surface area (Å²) in [5.41, 5.74) is 1.05. The molecule has 3 fully saturated rings. The van der Waals surface area contributed by atoms with Crippen molar-refractivity contribution < 1.29 is 0 Å². The first kappa shape index (κ1) is 13.9. The van der Waals surface area contributed by atoms with Crippen LogP contribution < -0.4 is 5.32 Å². The predicted molar refractivity (Wildman–Crippen MR) is 81.4 cm³/mol. The molecular weight excluding hydrogens is 232 g/mol. The lowest BCUT2D eigenvalue weighted by atomic mass is 9.81. The van der Waals surface area contributed by atoms with Crippen LogP contribution in [0.2, 0.25) is 0 Å². The topological polar surface area (TPSA) is 15.3 Å². The summed E-state index contributed by atoms with van der Waals surface area (Å²) in [5, 5.41) is 3.85. The molecular formula is C17H32N2. The number of rotatable bonds is 4. The van der Waals surface area contributed by atoms with E-state index in [-0.39, 0.29) is 0 Å². The Labute approximate surface area is 119 Å². The van der Waals surface area contributed by atoms with E-state index in [9.17, 15) is 0 Å². The Bertz CT molecular complexity index is 317. The molecule has 2 heteroatoms. The summed E-state index contributed by atoms with van der Waals surface area (Å²) in [6.45, 7) is 11.1. The highest BCUT2D eigenvalue weighted by atomic mass is 15.3. The molecule has 0 bridgehead atoms. The Morgan fingerprint density at radius 1 is 1.21 bits per heavy atom. The maximum Gasteiger partial charge on any atom is 0.0309 e. The van der Waals surface area contributed by atoms with E-state index >= 15 is 0 Å². The van der Waals surface area contributed by atoms with Crippen LogP contribution in [-0.4, -0.2) is 36.1 Å². The van der Waals surface area contributed by atoms with Crippen molar-refractivity contribution in [2.24, 2.45) is 11.3 Å². The zero-order valence-corrected chi connectivity index (χ0v) is 13.2. The molecule has 2 unspecified atom stereocenters. The van der Waals surface area contributed by atoms with Gasteiger partial charge in [-0.2, -0.15) is 0 Å². The van der Waals surface area contributed by atoms with Gasteiger partial charge in [0.05, 0.1) is 0 Å². The first-order chi connectivity index (χ1) is 9.07. The maximum atomic E-state index is 3.85. The summed E-state index contributed by atoms with van der Waals surface area (Å²) in [7, 11) is 0. The summed E-state index contributed by atoms with van der Waals surface area (Å²) >= 11 is 0. The maximum absolute atomic E-state index is 3.85. The number of nitrogens with zero attached hydrogens (tertiary/aromatic N) is 1. The molecule has 0 aromatic heterocycles. The van der Waals surface area contributed by atoms with Crippen LogP contribution in [-0.2, 0) is 0 Å². The van der Waals surface area contributed by atoms with E-state index in [2.05, 4.69) is 31.0 Å². The van der Waals surface area contributed by atoms with Crippen LogP contribution in [0, 0.1) is 11.3 Å². The Morgan fingerprint density at radius 3 is 2.47 bits per heavy atom. The molecule has 110 valence electrons. The van der Waals surface area contributed by atoms with Gasteiger partial charge in [0.2, 0.25) is 0 Å². The van der Waals surface area contributed by atoms with Crippen molar-refractivity contribution in [3.8, 4) is 0 Å². The summed E-state index contributed by atoms with van der Waals surface area (Å²) in [6, 6.07) is 0.718. The van der Waals surface area contributed by atoms with Crippen molar-refractivity contribution in [3.63, 3.8) is 0 Å². The summed E-state index contributed by atoms with van der Waals surface area (Å²) in [5.74, 6) is 0.948.